The van der Waals surface area contributed by atoms with E-state index in [1.165, 1.54) is 11.3 Å². The molecule has 0 amide bonds. The Morgan fingerprint density at radius 2 is 2.12 bits per heavy atom. The summed E-state index contributed by atoms with van der Waals surface area (Å²) in [7, 11) is 0. The Labute approximate surface area is 209 Å². The van der Waals surface area contributed by atoms with Crippen molar-refractivity contribution >= 4 is 28.7 Å². The van der Waals surface area contributed by atoms with Crippen molar-refractivity contribution in [2.45, 2.75) is 52.0 Å². The molecule has 178 valence electrons. The monoisotopic (exact) mass is 497 g/mol. The number of ether oxygens (including phenoxy) is 1. The van der Waals surface area contributed by atoms with Crippen LogP contribution in [0, 0.1) is 11.3 Å². The van der Waals surface area contributed by atoms with E-state index in [9.17, 15) is 15.3 Å². The number of pyridine rings is 1. The third kappa shape index (κ3) is 6.43. The molecule has 3 rings (SSSR count). The number of carbonyl (C=O) groups excluding carboxylic acids is 1. The van der Waals surface area contributed by atoms with Crippen LogP contribution in [0.2, 0.25) is 4.34 Å². The second-order valence-electron chi connectivity index (χ2n) is 8.62. The highest BCUT2D eigenvalue weighted by atomic mass is 35.5. The molecule has 2 aromatic heterocycles. The molecule has 8 heteroatoms. The molecule has 3 aromatic rings. The van der Waals surface area contributed by atoms with Gasteiger partial charge in [-0.25, -0.2) is 0 Å². The lowest BCUT2D eigenvalue weighted by molar-refractivity contribution is 0.0820. The minimum atomic E-state index is -0.453. The third-order valence-electron chi connectivity index (χ3n) is 5.42. The minimum Gasteiger partial charge on any atom is -0.492 e. The van der Waals surface area contributed by atoms with Crippen molar-refractivity contribution in [3.05, 3.63) is 68.5 Å². The molecule has 0 saturated heterocycles. The fourth-order valence-corrected chi connectivity index (χ4v) is 5.18. The van der Waals surface area contributed by atoms with Crippen molar-refractivity contribution in [3.63, 3.8) is 0 Å². The molecule has 0 aliphatic carbocycles. The maximum atomic E-state index is 12.3. The number of hydrogen-bond donors (Lipinski definition) is 2. The van der Waals surface area contributed by atoms with Gasteiger partial charge in [-0.3, -0.25) is 9.78 Å². The average Bonchev–Trinajstić information content (AvgIpc) is 3.18. The lowest BCUT2D eigenvalue weighted by atomic mass is 9.98. The van der Waals surface area contributed by atoms with E-state index in [-0.39, 0.29) is 5.78 Å². The Bertz CT molecular complexity index is 1200. The van der Waals surface area contributed by atoms with Crippen LogP contribution in [-0.2, 0) is 12.8 Å². The molecule has 0 saturated carbocycles. The topological polar surface area (TPSA) is 95.2 Å². The zero-order chi connectivity index (χ0) is 24.7. The van der Waals surface area contributed by atoms with Crippen LogP contribution in [0.5, 0.6) is 5.75 Å². The van der Waals surface area contributed by atoms with Gasteiger partial charge in [-0.1, -0.05) is 24.6 Å². The van der Waals surface area contributed by atoms with E-state index in [2.05, 4.69) is 16.5 Å². The normalized spacial score (nSPS) is 11.3. The van der Waals surface area contributed by atoms with Gasteiger partial charge >= 0.3 is 0 Å². The molecule has 2 N–H and O–H groups in total. The van der Waals surface area contributed by atoms with E-state index >= 15 is 0 Å². The van der Waals surface area contributed by atoms with E-state index in [0.29, 0.717) is 46.4 Å². The van der Waals surface area contributed by atoms with Crippen LogP contribution in [0.1, 0.15) is 60.0 Å². The van der Waals surface area contributed by atoms with Crippen LogP contribution in [0.15, 0.2) is 42.6 Å². The lowest BCUT2D eigenvalue weighted by Crippen LogP contribution is -2.38. The summed E-state index contributed by atoms with van der Waals surface area (Å²) in [6.07, 6.45) is 4.18. The van der Waals surface area contributed by atoms with E-state index in [1.807, 2.05) is 26.8 Å². The smallest absolute Gasteiger partial charge is 0.164 e. The molecule has 0 radical (unpaired) electrons. The molecule has 0 aliphatic heterocycles. The van der Waals surface area contributed by atoms with Gasteiger partial charge in [0.2, 0.25) is 0 Å². The molecule has 0 spiro atoms. The Kier molecular flexibility index (Phi) is 8.81. The average molecular weight is 498 g/mol. The Hall–Kier alpha value is -2.76. The largest absolute Gasteiger partial charge is 0.492 e. The molecule has 0 bridgehead atoms. The Morgan fingerprint density at radius 1 is 1.32 bits per heavy atom. The highest BCUT2D eigenvalue weighted by Crippen LogP contribution is 2.32. The first kappa shape index (κ1) is 25.9. The number of hydroxylamine groups is 1. The summed E-state index contributed by atoms with van der Waals surface area (Å²) in [5.41, 5.74) is 5.33. The van der Waals surface area contributed by atoms with Gasteiger partial charge in [-0.05, 0) is 62.6 Å². The fraction of sp³-hybridized carbons (Fsp3) is 0.346. The number of thiophene rings is 1. The molecule has 0 unspecified atom stereocenters. The molecule has 0 aliphatic rings. The van der Waals surface area contributed by atoms with Gasteiger partial charge in [0.1, 0.15) is 11.8 Å². The second kappa shape index (κ2) is 11.6. The number of ketones is 1. The van der Waals surface area contributed by atoms with Crippen LogP contribution < -0.4 is 10.2 Å². The number of halogens is 1. The van der Waals surface area contributed by atoms with Gasteiger partial charge in [0.25, 0.3) is 0 Å². The Morgan fingerprint density at radius 3 is 2.82 bits per heavy atom. The summed E-state index contributed by atoms with van der Waals surface area (Å²) < 4.78 is 6.70. The number of nitrogens with zero attached hydrogens (tertiary/aromatic N) is 2. The maximum Gasteiger partial charge on any atom is 0.164 e. The van der Waals surface area contributed by atoms with Crippen molar-refractivity contribution < 1.29 is 14.7 Å². The number of Topliss-reactive ketones (excluding diaryl/α,β-unsaturated/α-hetero) is 1. The highest BCUT2D eigenvalue weighted by Gasteiger charge is 2.21. The summed E-state index contributed by atoms with van der Waals surface area (Å²) in [6, 6.07) is 12.9. The molecular formula is C26H28ClN3O3S. The van der Waals surface area contributed by atoms with Gasteiger partial charge in [-0.15, -0.1) is 11.3 Å². The number of carbonyl (C=O) groups is 1. The predicted octanol–water partition coefficient (Wildman–Crippen LogP) is 6.24. The van der Waals surface area contributed by atoms with Gasteiger partial charge < -0.3 is 9.94 Å². The molecule has 6 nitrogen and oxygen atoms in total. The van der Waals surface area contributed by atoms with Crippen LogP contribution in [0.3, 0.4) is 0 Å². The number of aryl methyl sites for hydroxylation is 1. The number of nitriles is 1. The van der Waals surface area contributed by atoms with Crippen molar-refractivity contribution in [1.82, 2.24) is 10.5 Å². The molecule has 1 aromatic carbocycles. The van der Waals surface area contributed by atoms with Gasteiger partial charge in [0, 0.05) is 40.6 Å². The first-order chi connectivity index (χ1) is 16.3. The van der Waals surface area contributed by atoms with E-state index in [1.54, 1.807) is 36.5 Å². The number of aromatic nitrogens is 1. The first-order valence-electron chi connectivity index (χ1n) is 11.1. The predicted molar refractivity (Wildman–Crippen MR) is 135 cm³/mol. The van der Waals surface area contributed by atoms with Crippen molar-refractivity contribution in [2.24, 2.45) is 0 Å². The summed E-state index contributed by atoms with van der Waals surface area (Å²) in [4.78, 5) is 17.9. The zero-order valence-corrected chi connectivity index (χ0v) is 21.1. The maximum absolute atomic E-state index is 12.3. The fourth-order valence-electron chi connectivity index (χ4n) is 3.61. The highest BCUT2D eigenvalue weighted by molar-refractivity contribution is 7.16. The summed E-state index contributed by atoms with van der Waals surface area (Å²) in [5.74, 6) is 0.481. The summed E-state index contributed by atoms with van der Waals surface area (Å²) in [5, 5.41) is 18.9. The first-order valence-corrected chi connectivity index (χ1v) is 12.3. The van der Waals surface area contributed by atoms with Gasteiger partial charge in [0.05, 0.1) is 22.2 Å². The van der Waals surface area contributed by atoms with Gasteiger partial charge in [0.15, 0.2) is 5.78 Å². The summed E-state index contributed by atoms with van der Waals surface area (Å²) >= 11 is 7.76. The van der Waals surface area contributed by atoms with Crippen LogP contribution in [-0.4, -0.2) is 28.1 Å². The number of hydrogen-bond acceptors (Lipinski definition) is 7. The van der Waals surface area contributed by atoms with Crippen LogP contribution >= 0.6 is 22.9 Å². The molecule has 0 atom stereocenters. The van der Waals surface area contributed by atoms with Crippen molar-refractivity contribution in [1.29, 1.82) is 5.26 Å². The van der Waals surface area contributed by atoms with E-state index in [0.717, 1.165) is 28.8 Å². The zero-order valence-electron chi connectivity index (χ0n) is 19.5. The van der Waals surface area contributed by atoms with E-state index in [4.69, 9.17) is 16.3 Å². The SMILES string of the molecule is CCC(=O)c1cccnc1-c1ccc(C#N)c(OCCCc2cc(Cl)sc2CC(C)(C)NO)c1. The van der Waals surface area contributed by atoms with Crippen molar-refractivity contribution in [3.8, 4) is 23.1 Å². The van der Waals surface area contributed by atoms with Crippen LogP contribution in [0.4, 0.5) is 0 Å². The van der Waals surface area contributed by atoms with Crippen LogP contribution in [0.25, 0.3) is 11.3 Å². The second-order valence-corrected chi connectivity index (χ2v) is 10.4. The number of rotatable bonds is 11. The molecule has 2 heterocycles. The molecule has 0 fully saturated rings. The molecule has 34 heavy (non-hydrogen) atoms. The van der Waals surface area contributed by atoms with E-state index < -0.39 is 5.54 Å². The minimum absolute atomic E-state index is 0.0136. The third-order valence-corrected chi connectivity index (χ3v) is 6.73. The number of nitrogens with one attached hydrogen (secondary N) is 1. The number of benzene rings is 1. The molecular weight excluding hydrogens is 470 g/mol. The Balaban J connectivity index is 1.72. The summed E-state index contributed by atoms with van der Waals surface area (Å²) in [6.45, 7) is 6.07. The van der Waals surface area contributed by atoms with Crippen molar-refractivity contribution in [2.75, 3.05) is 6.61 Å². The van der Waals surface area contributed by atoms with Gasteiger partial charge in [-0.2, -0.15) is 10.7 Å². The standard InChI is InChI=1S/C26H28ClN3O3S/c1-4-21(31)20-8-5-11-29-25(20)18-9-10-19(16-28)22(13-18)33-12-6-7-17-14-24(27)34-23(17)15-26(2,3)30-32/h5,8-11,13-14,30,32H,4,6-7,12,15H2,1-3H3. The quantitative estimate of drug-likeness (QED) is 0.185. The lowest BCUT2D eigenvalue weighted by Gasteiger charge is -2.22.